The molecular weight excluding hydrogens is 378 g/mol. The minimum absolute atomic E-state index is 0.636. The predicted molar refractivity (Wildman–Crippen MR) is 114 cm³/mol. The Hall–Kier alpha value is -3.85. The molecule has 1 aliphatic heterocycles. The molecule has 9 nitrogen and oxygen atoms in total. The highest BCUT2D eigenvalue weighted by molar-refractivity contribution is 5.92. The second-order valence-electron chi connectivity index (χ2n) is 7.38. The van der Waals surface area contributed by atoms with Gasteiger partial charge in [-0.15, -0.1) is 0 Å². The molecule has 0 spiro atoms. The summed E-state index contributed by atoms with van der Waals surface area (Å²) in [5.41, 5.74) is 7.91. The third kappa shape index (κ3) is 2.71. The van der Waals surface area contributed by atoms with E-state index >= 15 is 0 Å². The summed E-state index contributed by atoms with van der Waals surface area (Å²) in [6.07, 6.45) is 8.67. The maximum absolute atomic E-state index is 4.90. The molecule has 6 heterocycles. The fourth-order valence-electron chi connectivity index (χ4n) is 3.87. The molecule has 30 heavy (non-hydrogen) atoms. The van der Waals surface area contributed by atoms with Gasteiger partial charge in [-0.1, -0.05) is 6.08 Å². The molecule has 0 fully saturated rings. The molecule has 0 aliphatic carbocycles. The van der Waals surface area contributed by atoms with E-state index in [9.17, 15) is 0 Å². The standard InChI is InChI=1S/C21H19N9/c1-12-10-30(11-24-12)16-6-9-23-20-18(16)26-21(27-20)19-17-15(28-29-19)3-2-14(25-17)13-4-7-22-8-5-13/h2-4,6,9-11,22H,5,7-8H2,1H3,(H,28,29)(H,23,26,27). The number of aromatic nitrogens is 8. The summed E-state index contributed by atoms with van der Waals surface area (Å²) in [6, 6.07) is 6.00. The average Bonchev–Trinajstić information content (AvgIpc) is 3.51. The number of rotatable bonds is 3. The van der Waals surface area contributed by atoms with Gasteiger partial charge < -0.3 is 14.9 Å². The van der Waals surface area contributed by atoms with E-state index in [1.54, 1.807) is 12.5 Å². The number of nitrogens with one attached hydrogen (secondary N) is 3. The van der Waals surface area contributed by atoms with Crippen molar-refractivity contribution in [3.8, 4) is 17.2 Å². The van der Waals surface area contributed by atoms with Gasteiger partial charge in [0.05, 0.1) is 28.9 Å². The number of hydrogen-bond acceptors (Lipinski definition) is 6. The van der Waals surface area contributed by atoms with Crippen LogP contribution in [0.1, 0.15) is 17.8 Å². The number of pyridine rings is 2. The van der Waals surface area contributed by atoms with Gasteiger partial charge in [-0.25, -0.2) is 19.9 Å². The van der Waals surface area contributed by atoms with Crippen molar-refractivity contribution in [1.29, 1.82) is 0 Å². The van der Waals surface area contributed by atoms with Crippen molar-refractivity contribution in [3.05, 3.63) is 54.4 Å². The zero-order valence-corrected chi connectivity index (χ0v) is 16.3. The van der Waals surface area contributed by atoms with Crippen molar-refractivity contribution in [3.63, 3.8) is 0 Å². The number of H-pyrrole nitrogens is 2. The van der Waals surface area contributed by atoms with Gasteiger partial charge in [0.25, 0.3) is 0 Å². The van der Waals surface area contributed by atoms with Gasteiger partial charge in [-0.05, 0) is 43.7 Å². The third-order valence-corrected chi connectivity index (χ3v) is 5.38. The van der Waals surface area contributed by atoms with Gasteiger partial charge in [0.15, 0.2) is 17.2 Å². The third-order valence-electron chi connectivity index (χ3n) is 5.38. The lowest BCUT2D eigenvalue weighted by Crippen LogP contribution is -2.20. The highest BCUT2D eigenvalue weighted by Crippen LogP contribution is 2.28. The first kappa shape index (κ1) is 17.0. The Balaban J connectivity index is 1.49. The fourth-order valence-corrected chi connectivity index (χ4v) is 3.87. The lowest BCUT2D eigenvalue weighted by molar-refractivity contribution is 0.737. The van der Waals surface area contributed by atoms with Crippen LogP contribution >= 0.6 is 0 Å². The van der Waals surface area contributed by atoms with E-state index in [1.807, 2.05) is 35.9 Å². The Bertz CT molecular complexity index is 1420. The van der Waals surface area contributed by atoms with Gasteiger partial charge in [0, 0.05) is 18.9 Å². The van der Waals surface area contributed by atoms with E-state index in [0.29, 0.717) is 17.2 Å². The van der Waals surface area contributed by atoms with Gasteiger partial charge in [0.2, 0.25) is 0 Å². The molecule has 6 rings (SSSR count). The van der Waals surface area contributed by atoms with E-state index in [4.69, 9.17) is 9.97 Å². The minimum Gasteiger partial charge on any atom is -0.321 e. The number of aromatic amines is 2. The van der Waals surface area contributed by atoms with Gasteiger partial charge in [-0.3, -0.25) is 5.10 Å². The molecule has 0 unspecified atom stereocenters. The van der Waals surface area contributed by atoms with Crippen LogP contribution in [0.2, 0.25) is 0 Å². The predicted octanol–water partition coefficient (Wildman–Crippen LogP) is 2.77. The monoisotopic (exact) mass is 397 g/mol. The molecule has 0 aromatic carbocycles. The van der Waals surface area contributed by atoms with Crippen LogP contribution in [0.25, 0.3) is 45.0 Å². The van der Waals surface area contributed by atoms with Crippen LogP contribution in [-0.2, 0) is 0 Å². The maximum atomic E-state index is 4.90. The molecule has 0 amide bonds. The molecule has 148 valence electrons. The molecule has 5 aromatic heterocycles. The number of fused-ring (bicyclic) bond motifs is 2. The maximum Gasteiger partial charge on any atom is 0.162 e. The first-order valence-corrected chi connectivity index (χ1v) is 9.87. The number of aryl methyl sites for hydroxylation is 1. The summed E-state index contributed by atoms with van der Waals surface area (Å²) >= 11 is 0. The summed E-state index contributed by atoms with van der Waals surface area (Å²) in [5, 5.41) is 10.9. The van der Waals surface area contributed by atoms with Crippen LogP contribution in [0, 0.1) is 6.92 Å². The smallest absolute Gasteiger partial charge is 0.162 e. The molecule has 9 heteroatoms. The largest absolute Gasteiger partial charge is 0.321 e. The van der Waals surface area contributed by atoms with E-state index in [-0.39, 0.29) is 0 Å². The van der Waals surface area contributed by atoms with Gasteiger partial charge >= 0.3 is 0 Å². The molecule has 5 aromatic rings. The quantitative estimate of drug-likeness (QED) is 0.431. The molecule has 0 radical (unpaired) electrons. The topological polar surface area (TPSA) is 113 Å². The zero-order chi connectivity index (χ0) is 20.1. The van der Waals surface area contributed by atoms with Crippen LogP contribution in [0.3, 0.4) is 0 Å². The van der Waals surface area contributed by atoms with Gasteiger partial charge in [0.1, 0.15) is 11.0 Å². The fraction of sp³-hybridized carbons (Fsp3) is 0.190. The number of imidazole rings is 2. The second-order valence-corrected chi connectivity index (χ2v) is 7.38. The van der Waals surface area contributed by atoms with Crippen LogP contribution in [0.4, 0.5) is 0 Å². The van der Waals surface area contributed by atoms with Crippen molar-refractivity contribution >= 4 is 27.8 Å². The van der Waals surface area contributed by atoms with Crippen molar-refractivity contribution in [2.75, 3.05) is 13.1 Å². The van der Waals surface area contributed by atoms with Crippen molar-refractivity contribution in [2.24, 2.45) is 0 Å². The molecule has 0 bridgehead atoms. The van der Waals surface area contributed by atoms with E-state index in [2.05, 4.69) is 36.5 Å². The second kappa shape index (κ2) is 6.60. The zero-order valence-electron chi connectivity index (χ0n) is 16.3. The SMILES string of the molecule is Cc1cn(-c2ccnc3[nH]c(-c4n[nH]c5ccc(C6=CCNCC6)nc45)nc23)cn1. The Morgan fingerprint density at radius 2 is 2.03 bits per heavy atom. The number of nitrogens with zero attached hydrogens (tertiary/aromatic N) is 6. The normalized spacial score (nSPS) is 14.5. The molecule has 0 saturated heterocycles. The minimum atomic E-state index is 0.636. The summed E-state index contributed by atoms with van der Waals surface area (Å²) in [4.78, 5) is 21.8. The van der Waals surface area contributed by atoms with E-state index in [1.165, 1.54) is 5.57 Å². The summed E-state index contributed by atoms with van der Waals surface area (Å²) in [6.45, 7) is 3.80. The Labute approximate surface area is 171 Å². The van der Waals surface area contributed by atoms with Crippen LogP contribution in [0.5, 0.6) is 0 Å². The Kier molecular flexibility index (Phi) is 3.75. The van der Waals surface area contributed by atoms with Crippen LogP contribution < -0.4 is 5.32 Å². The highest BCUT2D eigenvalue weighted by atomic mass is 15.2. The average molecular weight is 397 g/mol. The van der Waals surface area contributed by atoms with Gasteiger partial charge in [-0.2, -0.15) is 5.10 Å². The Morgan fingerprint density at radius 3 is 2.87 bits per heavy atom. The highest BCUT2D eigenvalue weighted by Gasteiger charge is 2.18. The summed E-state index contributed by atoms with van der Waals surface area (Å²) < 4.78 is 1.95. The van der Waals surface area contributed by atoms with Crippen molar-refractivity contribution < 1.29 is 0 Å². The first-order chi connectivity index (χ1) is 14.8. The molecule has 0 saturated carbocycles. The lowest BCUT2D eigenvalue weighted by Gasteiger charge is -2.13. The van der Waals surface area contributed by atoms with E-state index < -0.39 is 0 Å². The molecular formula is C21H19N9. The summed E-state index contributed by atoms with van der Waals surface area (Å²) in [7, 11) is 0. The van der Waals surface area contributed by atoms with E-state index in [0.717, 1.165) is 53.1 Å². The van der Waals surface area contributed by atoms with Crippen LogP contribution in [-0.4, -0.2) is 52.8 Å². The first-order valence-electron chi connectivity index (χ1n) is 9.87. The molecule has 3 N–H and O–H groups in total. The molecule has 1 aliphatic rings. The Morgan fingerprint density at radius 1 is 1.07 bits per heavy atom. The summed E-state index contributed by atoms with van der Waals surface area (Å²) in [5.74, 6) is 0.636. The molecule has 0 atom stereocenters. The van der Waals surface area contributed by atoms with Crippen molar-refractivity contribution in [1.82, 2.24) is 45.0 Å². The van der Waals surface area contributed by atoms with Crippen molar-refractivity contribution in [2.45, 2.75) is 13.3 Å². The van der Waals surface area contributed by atoms with Crippen LogP contribution in [0.15, 0.2) is 43.0 Å². The lowest BCUT2D eigenvalue weighted by atomic mass is 10.1. The number of hydrogen-bond donors (Lipinski definition) is 3.